The number of nitrogens with one attached hydrogen (secondary N) is 1. The molecular formula is C20H21BrN2O. The fourth-order valence-corrected chi connectivity index (χ4v) is 3.54. The van der Waals surface area contributed by atoms with Gasteiger partial charge in [-0.2, -0.15) is 0 Å². The first-order valence-electron chi connectivity index (χ1n) is 8.24. The van der Waals surface area contributed by atoms with Crippen LogP contribution >= 0.6 is 15.9 Å². The quantitative estimate of drug-likeness (QED) is 0.628. The summed E-state index contributed by atoms with van der Waals surface area (Å²) in [7, 11) is 0. The van der Waals surface area contributed by atoms with E-state index in [1.165, 1.54) is 5.56 Å². The summed E-state index contributed by atoms with van der Waals surface area (Å²) in [5.41, 5.74) is 4.95. The number of benzene rings is 2. The molecule has 3 rings (SSSR count). The van der Waals surface area contributed by atoms with Gasteiger partial charge in [0, 0.05) is 21.9 Å². The Balaban J connectivity index is 2.09. The zero-order valence-electron chi connectivity index (χ0n) is 14.2. The standard InChI is InChI=1S/C20H21BrN2O/c1-4-14-10-11-18-15(12-14)13(3)19(23(18)5-2)20(24)22-17-9-7-6-8-16(17)21/h6-12H,4-5H2,1-3H3,(H,22,24). The monoisotopic (exact) mass is 384 g/mol. The molecular weight excluding hydrogens is 364 g/mol. The van der Waals surface area contributed by atoms with E-state index in [-0.39, 0.29) is 5.91 Å². The number of aryl methyl sites for hydroxylation is 3. The molecule has 3 aromatic rings. The van der Waals surface area contributed by atoms with E-state index >= 15 is 0 Å². The topological polar surface area (TPSA) is 34.0 Å². The van der Waals surface area contributed by atoms with Crippen LogP contribution in [-0.2, 0) is 13.0 Å². The lowest BCUT2D eigenvalue weighted by atomic mass is 10.1. The van der Waals surface area contributed by atoms with E-state index in [4.69, 9.17) is 0 Å². The van der Waals surface area contributed by atoms with Crippen molar-refractivity contribution in [1.82, 2.24) is 4.57 Å². The molecule has 0 bridgehead atoms. The van der Waals surface area contributed by atoms with Crippen molar-refractivity contribution < 1.29 is 4.79 Å². The zero-order valence-corrected chi connectivity index (χ0v) is 15.8. The number of carbonyl (C=O) groups excluding carboxylic acids is 1. The Bertz CT molecular complexity index is 911. The third kappa shape index (κ3) is 2.86. The van der Waals surface area contributed by atoms with E-state index in [1.807, 2.05) is 31.2 Å². The summed E-state index contributed by atoms with van der Waals surface area (Å²) >= 11 is 3.48. The fourth-order valence-electron chi connectivity index (χ4n) is 3.15. The van der Waals surface area contributed by atoms with Crippen molar-refractivity contribution in [3.63, 3.8) is 0 Å². The number of halogens is 1. The van der Waals surface area contributed by atoms with Crippen LogP contribution in [0.3, 0.4) is 0 Å². The lowest BCUT2D eigenvalue weighted by molar-refractivity contribution is 0.101. The third-order valence-electron chi connectivity index (χ3n) is 4.44. The first kappa shape index (κ1) is 16.8. The second-order valence-corrected chi connectivity index (χ2v) is 6.71. The van der Waals surface area contributed by atoms with E-state index in [0.717, 1.165) is 45.3 Å². The smallest absolute Gasteiger partial charge is 0.272 e. The van der Waals surface area contributed by atoms with Gasteiger partial charge >= 0.3 is 0 Å². The normalized spacial score (nSPS) is 11.0. The number of nitrogens with zero attached hydrogens (tertiary/aromatic N) is 1. The predicted molar refractivity (Wildman–Crippen MR) is 104 cm³/mol. The van der Waals surface area contributed by atoms with Crippen LogP contribution < -0.4 is 5.32 Å². The average molecular weight is 385 g/mol. The summed E-state index contributed by atoms with van der Waals surface area (Å²) in [6.45, 7) is 7.01. The van der Waals surface area contributed by atoms with Gasteiger partial charge in [0.2, 0.25) is 0 Å². The highest BCUT2D eigenvalue weighted by Crippen LogP contribution is 2.29. The van der Waals surface area contributed by atoms with Gasteiger partial charge in [-0.15, -0.1) is 0 Å². The molecule has 0 aliphatic carbocycles. The first-order valence-corrected chi connectivity index (χ1v) is 9.03. The van der Waals surface area contributed by atoms with E-state index in [0.29, 0.717) is 0 Å². The maximum absolute atomic E-state index is 12.9. The van der Waals surface area contributed by atoms with Crippen LogP contribution in [0.4, 0.5) is 5.69 Å². The van der Waals surface area contributed by atoms with Gasteiger partial charge in [0.15, 0.2) is 0 Å². The molecule has 4 heteroatoms. The number of anilines is 1. The highest BCUT2D eigenvalue weighted by Gasteiger charge is 2.20. The van der Waals surface area contributed by atoms with Crippen LogP contribution in [0.2, 0.25) is 0 Å². The van der Waals surface area contributed by atoms with E-state index in [1.54, 1.807) is 0 Å². The number of rotatable bonds is 4. The molecule has 1 N–H and O–H groups in total. The van der Waals surface area contributed by atoms with E-state index < -0.39 is 0 Å². The van der Waals surface area contributed by atoms with Crippen molar-refractivity contribution in [3.8, 4) is 0 Å². The number of aromatic nitrogens is 1. The molecule has 0 atom stereocenters. The summed E-state index contributed by atoms with van der Waals surface area (Å²) < 4.78 is 2.97. The summed E-state index contributed by atoms with van der Waals surface area (Å²) in [5, 5.41) is 4.19. The molecule has 0 spiro atoms. The summed E-state index contributed by atoms with van der Waals surface area (Å²) in [4.78, 5) is 12.9. The van der Waals surface area contributed by atoms with Gasteiger partial charge in [0.25, 0.3) is 5.91 Å². The summed E-state index contributed by atoms with van der Waals surface area (Å²) in [5.74, 6) is -0.0736. The van der Waals surface area contributed by atoms with Gasteiger partial charge in [-0.3, -0.25) is 4.79 Å². The van der Waals surface area contributed by atoms with Crippen molar-refractivity contribution in [2.75, 3.05) is 5.32 Å². The molecule has 24 heavy (non-hydrogen) atoms. The Kier molecular flexibility index (Phi) is 4.76. The second kappa shape index (κ2) is 6.81. The molecule has 0 radical (unpaired) electrons. The fraction of sp³-hybridized carbons (Fsp3) is 0.250. The number of para-hydroxylation sites is 1. The maximum Gasteiger partial charge on any atom is 0.272 e. The van der Waals surface area contributed by atoms with Crippen molar-refractivity contribution in [2.24, 2.45) is 0 Å². The van der Waals surface area contributed by atoms with Gasteiger partial charge in [-0.05, 0) is 71.6 Å². The first-order chi connectivity index (χ1) is 11.6. The van der Waals surface area contributed by atoms with E-state index in [2.05, 4.69) is 57.9 Å². The number of carbonyl (C=O) groups is 1. The molecule has 0 saturated carbocycles. The lowest BCUT2D eigenvalue weighted by Gasteiger charge is -2.11. The van der Waals surface area contributed by atoms with Gasteiger partial charge in [-0.1, -0.05) is 25.1 Å². The molecule has 0 aliphatic heterocycles. The SMILES string of the molecule is CCc1ccc2c(c1)c(C)c(C(=O)Nc1ccccc1Br)n2CC. The predicted octanol–water partition coefficient (Wildman–Crippen LogP) is 5.55. The van der Waals surface area contributed by atoms with Crippen LogP contribution in [0, 0.1) is 6.92 Å². The molecule has 1 aromatic heterocycles. The second-order valence-electron chi connectivity index (χ2n) is 5.86. The van der Waals surface area contributed by atoms with Crippen LogP contribution in [0.5, 0.6) is 0 Å². The third-order valence-corrected chi connectivity index (χ3v) is 5.13. The Hall–Kier alpha value is -2.07. The van der Waals surface area contributed by atoms with Gasteiger partial charge < -0.3 is 9.88 Å². The number of fused-ring (bicyclic) bond motifs is 1. The number of hydrogen-bond acceptors (Lipinski definition) is 1. The molecule has 0 unspecified atom stereocenters. The molecule has 3 nitrogen and oxygen atoms in total. The molecule has 124 valence electrons. The van der Waals surface area contributed by atoms with Crippen LogP contribution in [-0.4, -0.2) is 10.5 Å². The highest BCUT2D eigenvalue weighted by atomic mass is 79.9. The average Bonchev–Trinajstić information content (AvgIpc) is 2.88. The molecule has 0 saturated heterocycles. The van der Waals surface area contributed by atoms with Gasteiger partial charge in [0.1, 0.15) is 5.69 Å². The van der Waals surface area contributed by atoms with Gasteiger partial charge in [0.05, 0.1) is 5.69 Å². The van der Waals surface area contributed by atoms with Crippen molar-refractivity contribution >= 4 is 38.4 Å². The summed E-state index contributed by atoms with van der Waals surface area (Å²) in [6, 6.07) is 14.1. The van der Waals surface area contributed by atoms with Crippen molar-refractivity contribution in [2.45, 2.75) is 33.7 Å². The van der Waals surface area contributed by atoms with Crippen molar-refractivity contribution in [1.29, 1.82) is 0 Å². The zero-order chi connectivity index (χ0) is 17.3. The molecule has 0 fully saturated rings. The summed E-state index contributed by atoms with van der Waals surface area (Å²) in [6.07, 6.45) is 0.991. The van der Waals surface area contributed by atoms with Crippen LogP contribution in [0.15, 0.2) is 46.9 Å². The minimum absolute atomic E-state index is 0.0736. The van der Waals surface area contributed by atoms with Crippen LogP contribution in [0.1, 0.15) is 35.5 Å². The maximum atomic E-state index is 12.9. The Morgan fingerprint density at radius 1 is 1.17 bits per heavy atom. The minimum atomic E-state index is -0.0736. The molecule has 2 aromatic carbocycles. The number of hydrogen-bond donors (Lipinski definition) is 1. The lowest BCUT2D eigenvalue weighted by Crippen LogP contribution is -2.18. The Morgan fingerprint density at radius 3 is 2.58 bits per heavy atom. The largest absolute Gasteiger partial charge is 0.337 e. The van der Waals surface area contributed by atoms with Gasteiger partial charge in [-0.25, -0.2) is 0 Å². The van der Waals surface area contributed by atoms with E-state index in [9.17, 15) is 4.79 Å². The highest BCUT2D eigenvalue weighted by molar-refractivity contribution is 9.10. The minimum Gasteiger partial charge on any atom is -0.337 e. The molecule has 0 aliphatic rings. The Labute approximate surface area is 150 Å². The van der Waals surface area contributed by atoms with Crippen LogP contribution in [0.25, 0.3) is 10.9 Å². The molecule has 1 heterocycles. The van der Waals surface area contributed by atoms with Crippen molar-refractivity contribution in [3.05, 3.63) is 63.8 Å². The molecule has 1 amide bonds. The number of amides is 1. The Morgan fingerprint density at radius 2 is 1.92 bits per heavy atom.